The van der Waals surface area contributed by atoms with Crippen molar-refractivity contribution in [3.05, 3.63) is 47.7 Å². The van der Waals surface area contributed by atoms with Gasteiger partial charge >= 0.3 is 0 Å². The number of nitrogens with one attached hydrogen (secondary N) is 1. The van der Waals surface area contributed by atoms with Gasteiger partial charge in [-0.2, -0.15) is 5.26 Å². The van der Waals surface area contributed by atoms with Gasteiger partial charge in [-0.25, -0.2) is 13.4 Å². The van der Waals surface area contributed by atoms with Gasteiger partial charge in [-0.05, 0) is 42.8 Å². The highest BCUT2D eigenvalue weighted by Crippen LogP contribution is 2.22. The molecule has 0 aliphatic heterocycles. The molecular weight excluding hydrogens is 276 g/mol. The molecule has 0 bridgehead atoms. The third-order valence-electron chi connectivity index (χ3n) is 2.58. The third-order valence-corrected chi connectivity index (χ3v) is 4.01. The lowest BCUT2D eigenvalue weighted by Gasteiger charge is -2.10. The van der Waals surface area contributed by atoms with E-state index in [2.05, 4.69) is 9.71 Å². The Bertz CT molecular complexity index is 794. The highest BCUT2D eigenvalue weighted by molar-refractivity contribution is 7.92. The molecule has 0 fully saturated rings. The number of benzene rings is 1. The molecule has 2 aromatic rings. The molecule has 0 atom stereocenters. The second-order valence-electron chi connectivity index (χ2n) is 4.19. The van der Waals surface area contributed by atoms with E-state index in [9.17, 15) is 8.42 Å². The molecule has 0 aliphatic carbocycles. The van der Waals surface area contributed by atoms with Gasteiger partial charge in [0.1, 0.15) is 10.7 Å². The van der Waals surface area contributed by atoms with Crippen LogP contribution in [0.4, 0.5) is 11.5 Å². The Kier molecular flexibility index (Phi) is 3.59. The van der Waals surface area contributed by atoms with Crippen LogP contribution in [0.15, 0.2) is 41.4 Å². The molecular formula is C13H12N4O2S. The van der Waals surface area contributed by atoms with Crippen LogP contribution in [0.1, 0.15) is 11.1 Å². The molecule has 1 aromatic carbocycles. The van der Waals surface area contributed by atoms with Crippen LogP contribution in [0.25, 0.3) is 0 Å². The lowest BCUT2D eigenvalue weighted by molar-refractivity contribution is 0.601. The largest absolute Gasteiger partial charge is 0.398 e. The zero-order valence-corrected chi connectivity index (χ0v) is 11.5. The Morgan fingerprint density at radius 2 is 2.05 bits per heavy atom. The summed E-state index contributed by atoms with van der Waals surface area (Å²) in [5.41, 5.74) is 6.87. The van der Waals surface area contributed by atoms with Crippen LogP contribution in [-0.2, 0) is 10.0 Å². The summed E-state index contributed by atoms with van der Waals surface area (Å²) in [6, 6.07) is 9.28. The standard InChI is InChI=1S/C13H12N4O2S/c1-9-4-5-16-13(6-9)17-20(18,19)12-3-2-10(8-14)7-11(12)15/h2-7H,15H2,1H3,(H,16,17). The number of hydrogen-bond donors (Lipinski definition) is 2. The van der Waals surface area contributed by atoms with Gasteiger partial charge in [0.15, 0.2) is 0 Å². The monoisotopic (exact) mass is 288 g/mol. The van der Waals surface area contributed by atoms with Crippen LogP contribution >= 0.6 is 0 Å². The van der Waals surface area contributed by atoms with E-state index in [4.69, 9.17) is 11.0 Å². The molecule has 20 heavy (non-hydrogen) atoms. The maximum Gasteiger partial charge on any atom is 0.265 e. The second-order valence-corrected chi connectivity index (χ2v) is 5.84. The Hall–Kier alpha value is -2.59. The Balaban J connectivity index is 2.39. The topological polar surface area (TPSA) is 109 Å². The van der Waals surface area contributed by atoms with Crippen LogP contribution in [0.2, 0.25) is 0 Å². The first-order valence-corrected chi connectivity index (χ1v) is 7.16. The predicted octanol–water partition coefficient (Wildman–Crippen LogP) is 1.64. The van der Waals surface area contributed by atoms with E-state index < -0.39 is 10.0 Å². The molecule has 2 rings (SSSR count). The minimum Gasteiger partial charge on any atom is -0.398 e. The van der Waals surface area contributed by atoms with Crippen molar-refractivity contribution in [1.29, 1.82) is 5.26 Å². The SMILES string of the molecule is Cc1ccnc(NS(=O)(=O)c2ccc(C#N)cc2N)c1. The number of nitrogens with two attached hydrogens (primary N) is 1. The number of nitrogen functional groups attached to an aromatic ring is 1. The summed E-state index contributed by atoms with van der Waals surface area (Å²) in [7, 11) is -3.83. The first-order chi connectivity index (χ1) is 9.42. The van der Waals surface area contributed by atoms with E-state index in [0.717, 1.165) is 5.56 Å². The second kappa shape index (κ2) is 5.19. The fourth-order valence-electron chi connectivity index (χ4n) is 1.65. The number of nitrogens with zero attached hydrogens (tertiary/aromatic N) is 2. The highest BCUT2D eigenvalue weighted by Gasteiger charge is 2.18. The van der Waals surface area contributed by atoms with E-state index in [0.29, 0.717) is 5.56 Å². The fourth-order valence-corrected chi connectivity index (χ4v) is 2.76. The Labute approximate surface area is 116 Å². The molecule has 1 heterocycles. The molecule has 102 valence electrons. The molecule has 1 aromatic heterocycles. The van der Waals surface area contributed by atoms with Crippen LogP contribution < -0.4 is 10.5 Å². The van der Waals surface area contributed by atoms with Gasteiger partial charge in [0, 0.05) is 6.20 Å². The molecule has 0 spiro atoms. The smallest absolute Gasteiger partial charge is 0.265 e. The lowest BCUT2D eigenvalue weighted by atomic mass is 10.2. The van der Waals surface area contributed by atoms with Gasteiger partial charge in [-0.15, -0.1) is 0 Å². The molecule has 0 unspecified atom stereocenters. The molecule has 0 amide bonds. The van der Waals surface area contributed by atoms with Gasteiger partial charge in [0.05, 0.1) is 17.3 Å². The Morgan fingerprint density at radius 1 is 1.30 bits per heavy atom. The minimum atomic E-state index is -3.83. The van der Waals surface area contributed by atoms with Gasteiger partial charge in [-0.3, -0.25) is 4.72 Å². The summed E-state index contributed by atoms with van der Waals surface area (Å²) in [6.45, 7) is 1.83. The number of pyridine rings is 1. The molecule has 6 nitrogen and oxygen atoms in total. The zero-order valence-electron chi connectivity index (χ0n) is 10.7. The van der Waals surface area contributed by atoms with Crippen molar-refractivity contribution in [3.8, 4) is 6.07 Å². The predicted molar refractivity (Wildman–Crippen MR) is 75.4 cm³/mol. The van der Waals surface area contributed by atoms with Crippen molar-refractivity contribution in [2.75, 3.05) is 10.5 Å². The van der Waals surface area contributed by atoms with Crippen molar-refractivity contribution in [2.45, 2.75) is 11.8 Å². The maximum absolute atomic E-state index is 12.2. The average molecular weight is 288 g/mol. The van der Waals surface area contributed by atoms with Crippen molar-refractivity contribution >= 4 is 21.5 Å². The summed E-state index contributed by atoms with van der Waals surface area (Å²) < 4.78 is 26.8. The summed E-state index contributed by atoms with van der Waals surface area (Å²) >= 11 is 0. The molecule has 7 heteroatoms. The van der Waals surface area contributed by atoms with Crippen molar-refractivity contribution in [3.63, 3.8) is 0 Å². The Morgan fingerprint density at radius 3 is 2.65 bits per heavy atom. The average Bonchev–Trinajstić information content (AvgIpc) is 2.37. The van der Waals surface area contributed by atoms with E-state index >= 15 is 0 Å². The highest BCUT2D eigenvalue weighted by atomic mass is 32.2. The van der Waals surface area contributed by atoms with E-state index in [1.54, 1.807) is 12.1 Å². The third kappa shape index (κ3) is 2.87. The quantitative estimate of drug-likeness (QED) is 0.834. The van der Waals surface area contributed by atoms with Crippen LogP contribution in [0.3, 0.4) is 0 Å². The molecule has 3 N–H and O–H groups in total. The molecule has 0 radical (unpaired) electrons. The van der Waals surface area contributed by atoms with Crippen LogP contribution in [0.5, 0.6) is 0 Å². The number of nitriles is 1. The maximum atomic E-state index is 12.2. The first kappa shape index (κ1) is 13.8. The normalized spacial score (nSPS) is 10.8. The zero-order chi connectivity index (χ0) is 14.8. The minimum absolute atomic E-state index is 0.0178. The molecule has 0 aliphatic rings. The van der Waals surface area contributed by atoms with Crippen LogP contribution in [-0.4, -0.2) is 13.4 Å². The number of aryl methyl sites for hydroxylation is 1. The number of anilines is 2. The summed E-state index contributed by atoms with van der Waals surface area (Å²) in [5.74, 6) is 0.216. The van der Waals surface area contributed by atoms with Crippen molar-refractivity contribution < 1.29 is 8.42 Å². The summed E-state index contributed by atoms with van der Waals surface area (Å²) in [6.07, 6.45) is 1.51. The fraction of sp³-hybridized carbons (Fsp3) is 0.0769. The summed E-state index contributed by atoms with van der Waals surface area (Å²) in [5, 5.41) is 8.74. The van der Waals surface area contributed by atoms with Gasteiger partial charge in [0.2, 0.25) is 0 Å². The number of rotatable bonds is 3. The van der Waals surface area contributed by atoms with Crippen molar-refractivity contribution in [2.24, 2.45) is 0 Å². The molecule has 0 saturated carbocycles. The number of aromatic nitrogens is 1. The van der Waals surface area contributed by atoms with E-state index in [1.807, 2.05) is 13.0 Å². The van der Waals surface area contributed by atoms with E-state index in [1.165, 1.54) is 24.4 Å². The number of sulfonamides is 1. The molecule has 0 saturated heterocycles. The van der Waals surface area contributed by atoms with Gasteiger partial charge < -0.3 is 5.73 Å². The number of hydrogen-bond acceptors (Lipinski definition) is 5. The van der Waals surface area contributed by atoms with Crippen LogP contribution in [0, 0.1) is 18.3 Å². The lowest BCUT2D eigenvalue weighted by Crippen LogP contribution is -2.15. The summed E-state index contributed by atoms with van der Waals surface area (Å²) in [4.78, 5) is 3.85. The van der Waals surface area contributed by atoms with E-state index in [-0.39, 0.29) is 16.4 Å². The van der Waals surface area contributed by atoms with Crippen molar-refractivity contribution in [1.82, 2.24) is 4.98 Å². The first-order valence-electron chi connectivity index (χ1n) is 5.67. The van der Waals surface area contributed by atoms with Gasteiger partial charge in [-0.1, -0.05) is 0 Å². The van der Waals surface area contributed by atoms with Gasteiger partial charge in [0.25, 0.3) is 10.0 Å².